The molecule has 222 valence electrons. The number of amides is 3. The highest BCUT2D eigenvalue weighted by Crippen LogP contribution is 2.37. The summed E-state index contributed by atoms with van der Waals surface area (Å²) in [5.41, 5.74) is 5.38. The molecule has 1 atom stereocenters. The average Bonchev–Trinajstić information content (AvgIpc) is 3.65. The number of piperazine rings is 1. The van der Waals surface area contributed by atoms with Gasteiger partial charge in [-0.2, -0.15) is 5.10 Å². The van der Waals surface area contributed by atoms with Crippen molar-refractivity contribution in [3.05, 3.63) is 47.7 Å². The summed E-state index contributed by atoms with van der Waals surface area (Å²) in [5, 5.41) is 12.1. The summed E-state index contributed by atoms with van der Waals surface area (Å²) in [5.74, 6) is -0.0923. The number of fused-ring (bicyclic) bond motifs is 1. The highest BCUT2D eigenvalue weighted by atomic mass is 16.5. The lowest BCUT2D eigenvalue weighted by molar-refractivity contribution is -0.114. The van der Waals surface area contributed by atoms with Crippen LogP contribution < -0.4 is 15.5 Å². The molecule has 0 bridgehead atoms. The number of likely N-dealkylation sites (N-methyl/N-ethyl adjacent to an activating group) is 1. The van der Waals surface area contributed by atoms with Gasteiger partial charge >= 0.3 is 6.03 Å². The number of carbonyl (C=O) groups excluding carboxylic acids is 2. The number of nitrogens with one attached hydrogen (secondary N) is 2. The molecule has 0 radical (unpaired) electrons. The van der Waals surface area contributed by atoms with Crippen molar-refractivity contribution in [3.63, 3.8) is 0 Å². The number of benzene rings is 2. The van der Waals surface area contributed by atoms with Crippen LogP contribution >= 0.6 is 0 Å². The summed E-state index contributed by atoms with van der Waals surface area (Å²) in [4.78, 5) is 31.4. The Balaban J connectivity index is 1.31. The maximum atomic E-state index is 12.8. The van der Waals surface area contributed by atoms with Crippen LogP contribution in [0.2, 0.25) is 0 Å². The number of hydrogen-bond donors (Lipinski definition) is 2. The molecule has 2 aromatic carbocycles. The smallest absolute Gasteiger partial charge is 0.321 e. The lowest BCUT2D eigenvalue weighted by atomic mass is 10.1. The van der Waals surface area contributed by atoms with Gasteiger partial charge in [0.05, 0.1) is 22.6 Å². The molecule has 10 heteroatoms. The molecular weight excluding hydrogens is 530 g/mol. The molecule has 2 N–H and O–H groups in total. The van der Waals surface area contributed by atoms with Gasteiger partial charge in [0, 0.05) is 63.9 Å². The summed E-state index contributed by atoms with van der Waals surface area (Å²) >= 11 is 0. The molecule has 3 aliphatic heterocycles. The predicted molar refractivity (Wildman–Crippen MR) is 168 cm³/mol. The summed E-state index contributed by atoms with van der Waals surface area (Å²) in [7, 11) is 2.08. The van der Waals surface area contributed by atoms with Crippen molar-refractivity contribution < 1.29 is 14.3 Å². The zero-order valence-electron chi connectivity index (χ0n) is 24.6. The Kier molecular flexibility index (Phi) is 8.43. The zero-order chi connectivity index (χ0) is 29.1. The van der Waals surface area contributed by atoms with Crippen molar-refractivity contribution in [2.75, 3.05) is 68.5 Å². The van der Waals surface area contributed by atoms with Crippen molar-refractivity contribution >= 4 is 52.1 Å². The number of rotatable bonds is 6. The van der Waals surface area contributed by atoms with Crippen LogP contribution in [0.15, 0.2) is 36.4 Å². The SMILES string of the molecule is CC(=O)Nc1cc2c(C=Cc3cccc(NC(=O)N4CCN(C)CC4)c3)nn(C3CCCCO3)c2cc1N1CCCC1. The van der Waals surface area contributed by atoms with Gasteiger partial charge in [-0.05, 0) is 75.1 Å². The predicted octanol–water partition coefficient (Wildman–Crippen LogP) is 5.24. The van der Waals surface area contributed by atoms with Crippen molar-refractivity contribution in [2.45, 2.75) is 45.3 Å². The standard InChI is InChI=1S/C32H41N7O3/c1-23(40)33-28-21-26-27(12-11-24-8-7-9-25(20-24)34-32(41)38-17-15-36(2)16-18-38)35-39(31-10-3-6-19-42-31)29(26)22-30(28)37-13-4-5-14-37/h7-9,11-12,20-22,31H,3-6,10,13-19H2,1-2H3,(H,33,40)(H,34,41). The summed E-state index contributed by atoms with van der Waals surface area (Å²) < 4.78 is 8.19. The molecule has 0 aliphatic carbocycles. The van der Waals surface area contributed by atoms with Gasteiger partial charge in [-0.3, -0.25) is 4.79 Å². The molecule has 3 saturated heterocycles. The quantitative estimate of drug-likeness (QED) is 0.420. The van der Waals surface area contributed by atoms with Crippen molar-refractivity contribution in [1.29, 1.82) is 0 Å². The number of carbonyl (C=O) groups is 2. The van der Waals surface area contributed by atoms with Gasteiger partial charge in [0.2, 0.25) is 5.91 Å². The van der Waals surface area contributed by atoms with Crippen LogP contribution in [-0.2, 0) is 9.53 Å². The van der Waals surface area contributed by atoms with Gasteiger partial charge in [-0.1, -0.05) is 18.2 Å². The number of ether oxygens (including phenoxy) is 1. The maximum Gasteiger partial charge on any atom is 0.321 e. The number of aromatic nitrogens is 2. The van der Waals surface area contributed by atoms with Crippen molar-refractivity contribution in [1.82, 2.24) is 19.6 Å². The molecule has 4 heterocycles. The monoisotopic (exact) mass is 571 g/mol. The number of anilines is 3. The van der Waals surface area contributed by atoms with Crippen molar-refractivity contribution in [2.24, 2.45) is 0 Å². The minimum absolute atomic E-state index is 0.0687. The minimum Gasteiger partial charge on any atom is -0.370 e. The Labute approximate surface area is 247 Å². The number of hydrogen-bond acceptors (Lipinski definition) is 6. The van der Waals surface area contributed by atoms with E-state index in [0.717, 1.165) is 117 Å². The van der Waals surface area contributed by atoms with E-state index in [0.29, 0.717) is 0 Å². The van der Waals surface area contributed by atoms with Crippen LogP contribution in [0.1, 0.15) is 56.5 Å². The topological polar surface area (TPSA) is 95.0 Å². The van der Waals surface area contributed by atoms with Gasteiger partial charge in [0.15, 0.2) is 6.23 Å². The molecule has 1 aromatic heterocycles. The third kappa shape index (κ3) is 6.29. The van der Waals surface area contributed by atoms with E-state index in [9.17, 15) is 9.59 Å². The Morgan fingerprint density at radius 1 is 0.952 bits per heavy atom. The maximum absolute atomic E-state index is 12.8. The summed E-state index contributed by atoms with van der Waals surface area (Å²) in [6.45, 7) is 7.43. The lowest BCUT2D eigenvalue weighted by Gasteiger charge is -2.32. The first-order chi connectivity index (χ1) is 20.4. The Bertz CT molecular complexity index is 1460. The molecule has 3 fully saturated rings. The Morgan fingerprint density at radius 2 is 1.76 bits per heavy atom. The zero-order valence-corrected chi connectivity index (χ0v) is 24.6. The van der Waals surface area contributed by atoms with Crippen LogP contribution in [0.3, 0.4) is 0 Å². The van der Waals surface area contributed by atoms with E-state index in [1.807, 2.05) is 46.0 Å². The molecule has 1 unspecified atom stereocenters. The fourth-order valence-corrected chi connectivity index (χ4v) is 6.07. The highest BCUT2D eigenvalue weighted by molar-refractivity contribution is 6.01. The van der Waals surface area contributed by atoms with E-state index in [-0.39, 0.29) is 18.2 Å². The van der Waals surface area contributed by atoms with E-state index in [2.05, 4.69) is 39.6 Å². The Hall–Kier alpha value is -3.89. The van der Waals surface area contributed by atoms with E-state index in [4.69, 9.17) is 9.84 Å². The minimum atomic E-state index is -0.116. The Morgan fingerprint density at radius 3 is 2.50 bits per heavy atom. The van der Waals surface area contributed by atoms with Gasteiger partial charge in [0.25, 0.3) is 0 Å². The molecule has 3 aliphatic rings. The fourth-order valence-electron chi connectivity index (χ4n) is 6.07. The number of urea groups is 1. The molecule has 0 spiro atoms. The van der Waals surface area contributed by atoms with E-state index in [1.165, 1.54) is 0 Å². The summed E-state index contributed by atoms with van der Waals surface area (Å²) in [6.07, 6.45) is 9.29. The lowest BCUT2D eigenvalue weighted by Crippen LogP contribution is -2.48. The van der Waals surface area contributed by atoms with E-state index < -0.39 is 0 Å². The van der Waals surface area contributed by atoms with E-state index >= 15 is 0 Å². The second kappa shape index (κ2) is 12.5. The third-order valence-corrected chi connectivity index (χ3v) is 8.40. The molecule has 6 rings (SSSR count). The second-order valence-corrected chi connectivity index (χ2v) is 11.6. The molecule has 0 saturated carbocycles. The van der Waals surface area contributed by atoms with Crippen LogP contribution in [0.25, 0.3) is 23.1 Å². The largest absolute Gasteiger partial charge is 0.370 e. The highest BCUT2D eigenvalue weighted by Gasteiger charge is 2.24. The molecular formula is C32H41N7O3. The van der Waals surface area contributed by atoms with Gasteiger partial charge < -0.3 is 30.1 Å². The fraction of sp³-hybridized carbons (Fsp3) is 0.469. The number of nitrogens with zero attached hydrogens (tertiary/aromatic N) is 5. The van der Waals surface area contributed by atoms with Crippen LogP contribution in [0.4, 0.5) is 21.9 Å². The first-order valence-electron chi connectivity index (χ1n) is 15.2. The first-order valence-corrected chi connectivity index (χ1v) is 15.2. The van der Waals surface area contributed by atoms with Crippen LogP contribution in [0.5, 0.6) is 0 Å². The van der Waals surface area contributed by atoms with Gasteiger partial charge in [0.1, 0.15) is 0 Å². The first kappa shape index (κ1) is 28.2. The summed E-state index contributed by atoms with van der Waals surface area (Å²) in [6, 6.07) is 12.0. The van der Waals surface area contributed by atoms with Crippen LogP contribution in [0, 0.1) is 0 Å². The normalized spacial score (nSPS) is 20.0. The van der Waals surface area contributed by atoms with Gasteiger partial charge in [-0.15, -0.1) is 0 Å². The van der Waals surface area contributed by atoms with Crippen molar-refractivity contribution in [3.8, 4) is 0 Å². The molecule has 42 heavy (non-hydrogen) atoms. The van der Waals surface area contributed by atoms with Crippen LogP contribution in [-0.4, -0.2) is 84.4 Å². The van der Waals surface area contributed by atoms with Gasteiger partial charge in [-0.25, -0.2) is 9.48 Å². The van der Waals surface area contributed by atoms with E-state index in [1.54, 1.807) is 6.92 Å². The average molecular weight is 572 g/mol. The second-order valence-electron chi connectivity index (χ2n) is 11.6. The third-order valence-electron chi connectivity index (χ3n) is 8.40. The molecule has 10 nitrogen and oxygen atoms in total. The molecule has 3 amide bonds. The molecule has 3 aromatic rings.